The van der Waals surface area contributed by atoms with Crippen LogP contribution in [0.5, 0.6) is 0 Å². The molecule has 0 radical (unpaired) electrons. The number of hydrogen-bond donors (Lipinski definition) is 0. The van der Waals surface area contributed by atoms with Gasteiger partial charge in [-0.15, -0.1) is 0 Å². The maximum atomic E-state index is 11.7. The van der Waals surface area contributed by atoms with E-state index in [1.54, 1.807) is 12.5 Å². The van der Waals surface area contributed by atoms with Gasteiger partial charge in [0.05, 0.1) is 24.5 Å². The Hall–Kier alpha value is -1.73. The zero-order valence-corrected chi connectivity index (χ0v) is 11.9. The zero-order valence-electron chi connectivity index (χ0n) is 11.1. The molecule has 0 fully saturated rings. The van der Waals surface area contributed by atoms with Crippen LogP contribution in [0.1, 0.15) is 11.3 Å². The Morgan fingerprint density at radius 2 is 2.05 bits per heavy atom. The summed E-state index contributed by atoms with van der Waals surface area (Å²) in [7, 11) is -3.17. The number of hydrogen-bond acceptors (Lipinski definition) is 5. The number of rotatable bonds is 2. The summed E-state index contributed by atoms with van der Waals surface area (Å²) >= 11 is 0. The van der Waals surface area contributed by atoms with Crippen molar-refractivity contribution in [2.45, 2.75) is 12.8 Å². The predicted octanol–water partition coefficient (Wildman–Crippen LogP) is 1.10. The van der Waals surface area contributed by atoms with E-state index in [9.17, 15) is 8.42 Å². The first-order chi connectivity index (χ1) is 9.55. The molecule has 0 bridgehead atoms. The molecule has 20 heavy (non-hydrogen) atoms. The van der Waals surface area contributed by atoms with Gasteiger partial charge in [0.2, 0.25) is 10.0 Å². The zero-order chi connectivity index (χ0) is 14.2. The first-order valence-corrected chi connectivity index (χ1v) is 8.21. The molecule has 2 aromatic rings. The summed E-state index contributed by atoms with van der Waals surface area (Å²) < 4.78 is 30.0. The van der Waals surface area contributed by atoms with Crippen molar-refractivity contribution in [3.8, 4) is 11.3 Å². The van der Waals surface area contributed by atoms with Gasteiger partial charge in [0.25, 0.3) is 0 Å². The number of nitrogens with zero attached hydrogens (tertiary/aromatic N) is 3. The molecule has 0 atom stereocenters. The highest BCUT2D eigenvalue weighted by Crippen LogP contribution is 2.26. The van der Waals surface area contributed by atoms with Gasteiger partial charge in [0, 0.05) is 36.3 Å². The van der Waals surface area contributed by atoms with Gasteiger partial charge in [-0.2, -0.15) is 0 Å². The van der Waals surface area contributed by atoms with Crippen LogP contribution in [0.3, 0.4) is 0 Å². The maximum absolute atomic E-state index is 11.7. The molecule has 7 heteroatoms. The summed E-state index contributed by atoms with van der Waals surface area (Å²) in [5.74, 6) is 0. The third kappa shape index (κ3) is 2.46. The molecule has 6 nitrogen and oxygen atoms in total. The van der Waals surface area contributed by atoms with Crippen LogP contribution in [0.25, 0.3) is 11.3 Å². The minimum atomic E-state index is -3.17. The molecule has 0 amide bonds. The Morgan fingerprint density at radius 3 is 2.75 bits per heavy atom. The lowest BCUT2D eigenvalue weighted by Crippen LogP contribution is -2.32. The average molecular weight is 293 g/mol. The molecule has 0 N–H and O–H groups in total. The SMILES string of the molecule is CS(=O)(=O)N1CCc2ncnc(-c3ccoc3)c2CC1. The van der Waals surface area contributed by atoms with Crippen LogP contribution in [0, 0.1) is 0 Å². The van der Waals surface area contributed by atoms with Crippen molar-refractivity contribution in [2.75, 3.05) is 19.3 Å². The van der Waals surface area contributed by atoms with Crippen molar-refractivity contribution >= 4 is 10.0 Å². The first kappa shape index (κ1) is 13.3. The van der Waals surface area contributed by atoms with E-state index in [2.05, 4.69) is 9.97 Å². The standard InChI is InChI=1S/C13H15N3O3S/c1-20(17,18)16-5-2-11-12(3-6-16)14-9-15-13(11)10-4-7-19-8-10/h4,7-9H,2-3,5-6H2,1H3. The Bertz CT molecular complexity index is 710. The minimum absolute atomic E-state index is 0.462. The maximum Gasteiger partial charge on any atom is 0.211 e. The van der Waals surface area contributed by atoms with Gasteiger partial charge >= 0.3 is 0 Å². The monoisotopic (exact) mass is 293 g/mol. The summed E-state index contributed by atoms with van der Waals surface area (Å²) in [6.45, 7) is 0.928. The van der Waals surface area contributed by atoms with E-state index in [1.165, 1.54) is 16.9 Å². The van der Waals surface area contributed by atoms with Gasteiger partial charge in [-0.25, -0.2) is 22.7 Å². The third-order valence-electron chi connectivity index (χ3n) is 3.51. The number of furan rings is 1. The van der Waals surface area contributed by atoms with E-state index in [4.69, 9.17) is 4.42 Å². The van der Waals surface area contributed by atoms with Crippen LogP contribution >= 0.6 is 0 Å². The Balaban J connectivity index is 1.99. The highest BCUT2D eigenvalue weighted by atomic mass is 32.2. The molecule has 106 valence electrons. The topological polar surface area (TPSA) is 76.3 Å². The van der Waals surface area contributed by atoms with Crippen LogP contribution in [0.15, 0.2) is 29.3 Å². The van der Waals surface area contributed by atoms with Gasteiger partial charge < -0.3 is 4.42 Å². The average Bonchev–Trinajstić information content (AvgIpc) is 2.82. The second kappa shape index (κ2) is 4.99. The molecule has 0 spiro atoms. The molecule has 0 saturated carbocycles. The summed E-state index contributed by atoms with van der Waals surface area (Å²) in [4.78, 5) is 8.63. The molecule has 3 rings (SSSR count). The van der Waals surface area contributed by atoms with Gasteiger partial charge in [-0.3, -0.25) is 0 Å². The van der Waals surface area contributed by atoms with Crippen molar-refractivity contribution in [1.82, 2.24) is 14.3 Å². The van der Waals surface area contributed by atoms with Crippen LogP contribution in [0.4, 0.5) is 0 Å². The molecule has 0 aliphatic carbocycles. The van der Waals surface area contributed by atoms with Gasteiger partial charge in [-0.1, -0.05) is 0 Å². The van der Waals surface area contributed by atoms with Gasteiger partial charge in [0.1, 0.15) is 6.33 Å². The molecular formula is C13H15N3O3S. The molecule has 1 aliphatic heterocycles. The second-order valence-electron chi connectivity index (χ2n) is 4.82. The summed E-state index contributed by atoms with van der Waals surface area (Å²) in [6.07, 6.45) is 7.23. The minimum Gasteiger partial charge on any atom is -0.472 e. The van der Waals surface area contributed by atoms with Crippen molar-refractivity contribution in [3.05, 3.63) is 36.2 Å². The Kier molecular flexibility index (Phi) is 3.31. The molecule has 1 aliphatic rings. The fourth-order valence-electron chi connectivity index (χ4n) is 2.49. The molecule has 0 unspecified atom stereocenters. The van der Waals surface area contributed by atoms with E-state index in [1.807, 2.05) is 6.07 Å². The lowest BCUT2D eigenvalue weighted by atomic mass is 10.0. The van der Waals surface area contributed by atoms with Gasteiger partial charge in [0.15, 0.2) is 0 Å². The lowest BCUT2D eigenvalue weighted by molar-refractivity contribution is 0.430. The highest BCUT2D eigenvalue weighted by Gasteiger charge is 2.23. The quantitative estimate of drug-likeness (QED) is 0.828. The smallest absolute Gasteiger partial charge is 0.211 e. The van der Waals surface area contributed by atoms with E-state index >= 15 is 0 Å². The lowest BCUT2D eigenvalue weighted by Gasteiger charge is -2.16. The molecule has 3 heterocycles. The Labute approximate surface area is 117 Å². The van der Waals surface area contributed by atoms with Crippen molar-refractivity contribution in [2.24, 2.45) is 0 Å². The van der Waals surface area contributed by atoms with Crippen molar-refractivity contribution < 1.29 is 12.8 Å². The fraction of sp³-hybridized carbons (Fsp3) is 0.385. The van der Waals surface area contributed by atoms with Crippen LogP contribution in [-0.4, -0.2) is 42.0 Å². The second-order valence-corrected chi connectivity index (χ2v) is 6.80. The van der Waals surface area contributed by atoms with E-state index in [0.717, 1.165) is 22.5 Å². The van der Waals surface area contributed by atoms with E-state index in [-0.39, 0.29) is 0 Å². The number of aromatic nitrogens is 2. The van der Waals surface area contributed by atoms with Crippen molar-refractivity contribution in [3.63, 3.8) is 0 Å². The fourth-order valence-corrected chi connectivity index (χ4v) is 3.33. The van der Waals surface area contributed by atoms with Crippen LogP contribution in [-0.2, 0) is 22.9 Å². The summed E-state index contributed by atoms with van der Waals surface area (Å²) in [5, 5.41) is 0. The number of sulfonamides is 1. The molecule has 2 aromatic heterocycles. The predicted molar refractivity (Wildman–Crippen MR) is 73.6 cm³/mol. The number of fused-ring (bicyclic) bond motifs is 1. The van der Waals surface area contributed by atoms with Crippen LogP contribution in [0.2, 0.25) is 0 Å². The summed E-state index contributed by atoms with van der Waals surface area (Å²) in [5.41, 5.74) is 3.66. The first-order valence-electron chi connectivity index (χ1n) is 6.36. The highest BCUT2D eigenvalue weighted by molar-refractivity contribution is 7.88. The van der Waals surface area contributed by atoms with E-state index < -0.39 is 10.0 Å². The van der Waals surface area contributed by atoms with Gasteiger partial charge in [-0.05, 0) is 12.5 Å². The molecular weight excluding hydrogens is 278 g/mol. The van der Waals surface area contributed by atoms with Crippen molar-refractivity contribution in [1.29, 1.82) is 0 Å². The normalized spacial score (nSPS) is 16.6. The molecule has 0 aromatic carbocycles. The largest absolute Gasteiger partial charge is 0.472 e. The summed E-state index contributed by atoms with van der Waals surface area (Å²) in [6, 6.07) is 1.85. The third-order valence-corrected chi connectivity index (χ3v) is 4.81. The van der Waals surface area contributed by atoms with E-state index in [0.29, 0.717) is 25.9 Å². The Morgan fingerprint density at radius 1 is 1.25 bits per heavy atom. The van der Waals surface area contributed by atoms with Crippen LogP contribution < -0.4 is 0 Å². The molecule has 0 saturated heterocycles.